The topological polar surface area (TPSA) is 21.3 Å². The van der Waals surface area contributed by atoms with Crippen molar-refractivity contribution >= 4 is 11.6 Å². The number of ether oxygens (including phenoxy) is 1. The second kappa shape index (κ2) is 6.27. The Morgan fingerprint density at radius 2 is 2.24 bits per heavy atom. The Hall–Kier alpha value is -0.730. The average Bonchev–Trinajstić information content (AvgIpc) is 2.76. The molecule has 0 saturated carbocycles. The summed E-state index contributed by atoms with van der Waals surface area (Å²) >= 11 is 6.12. The predicted molar refractivity (Wildman–Crippen MR) is 72.1 cm³/mol. The lowest BCUT2D eigenvalue weighted by molar-refractivity contribution is 0.353. The van der Waals surface area contributed by atoms with Gasteiger partial charge in [0.1, 0.15) is 5.75 Å². The number of nitrogens with one attached hydrogen (secondary N) is 1. The Balaban J connectivity index is 1.92. The van der Waals surface area contributed by atoms with Crippen LogP contribution in [0.2, 0.25) is 5.02 Å². The number of halogens is 1. The van der Waals surface area contributed by atoms with E-state index >= 15 is 0 Å². The largest absolute Gasteiger partial charge is 0.493 e. The summed E-state index contributed by atoms with van der Waals surface area (Å²) in [5, 5.41) is 4.25. The quantitative estimate of drug-likeness (QED) is 0.786. The van der Waals surface area contributed by atoms with Gasteiger partial charge in [0.25, 0.3) is 0 Å². The fourth-order valence-corrected chi connectivity index (χ4v) is 2.50. The van der Waals surface area contributed by atoms with Gasteiger partial charge in [0, 0.05) is 11.4 Å². The molecule has 0 radical (unpaired) electrons. The minimum absolute atomic E-state index is 0.802. The number of benzene rings is 1. The minimum atomic E-state index is 0.802. The van der Waals surface area contributed by atoms with Gasteiger partial charge in [0.2, 0.25) is 0 Å². The zero-order valence-electron chi connectivity index (χ0n) is 10.4. The Kier molecular flexibility index (Phi) is 4.69. The van der Waals surface area contributed by atoms with E-state index in [9.17, 15) is 0 Å². The molecule has 0 fully saturated rings. The summed E-state index contributed by atoms with van der Waals surface area (Å²) < 4.78 is 5.68. The highest BCUT2D eigenvalue weighted by Crippen LogP contribution is 2.33. The van der Waals surface area contributed by atoms with E-state index < -0.39 is 0 Å². The normalized spacial score (nSPS) is 13.5. The number of hydrogen-bond acceptors (Lipinski definition) is 2. The third kappa shape index (κ3) is 3.36. The van der Waals surface area contributed by atoms with Gasteiger partial charge in [-0.2, -0.15) is 0 Å². The Labute approximate surface area is 108 Å². The van der Waals surface area contributed by atoms with Gasteiger partial charge in [-0.3, -0.25) is 0 Å². The van der Waals surface area contributed by atoms with E-state index in [0.717, 1.165) is 49.7 Å². The van der Waals surface area contributed by atoms with Crippen LogP contribution in [0.5, 0.6) is 5.75 Å². The van der Waals surface area contributed by atoms with Crippen LogP contribution in [-0.2, 0) is 12.8 Å². The van der Waals surface area contributed by atoms with Crippen molar-refractivity contribution in [2.24, 2.45) is 0 Å². The van der Waals surface area contributed by atoms with Crippen LogP contribution in [-0.4, -0.2) is 19.7 Å². The Morgan fingerprint density at radius 3 is 3.06 bits per heavy atom. The van der Waals surface area contributed by atoms with Crippen molar-refractivity contribution in [3.8, 4) is 5.75 Å². The van der Waals surface area contributed by atoms with E-state index in [1.54, 1.807) is 0 Å². The van der Waals surface area contributed by atoms with E-state index in [1.165, 1.54) is 17.5 Å². The fourth-order valence-electron chi connectivity index (χ4n) is 2.24. The molecule has 94 valence electrons. The summed E-state index contributed by atoms with van der Waals surface area (Å²) in [5.74, 6) is 1.09. The molecule has 2 nitrogen and oxygen atoms in total. The fraction of sp³-hybridized carbons (Fsp3) is 0.571. The first-order valence-electron chi connectivity index (χ1n) is 6.46. The lowest BCUT2D eigenvalue weighted by Gasteiger charge is -2.09. The highest BCUT2D eigenvalue weighted by atomic mass is 35.5. The summed E-state index contributed by atoms with van der Waals surface area (Å²) in [7, 11) is 0. The standard InChI is InChI=1S/C14H20ClNO/c1-2-6-16-7-3-4-11-9-13(15)10-12-5-8-17-14(11)12/h9-10,16H,2-8H2,1H3. The van der Waals surface area contributed by atoms with E-state index in [4.69, 9.17) is 16.3 Å². The summed E-state index contributed by atoms with van der Waals surface area (Å²) in [6, 6.07) is 4.08. The van der Waals surface area contributed by atoms with Crippen LogP contribution in [0.4, 0.5) is 0 Å². The van der Waals surface area contributed by atoms with Gasteiger partial charge in [-0.1, -0.05) is 18.5 Å². The average molecular weight is 254 g/mol. The zero-order valence-corrected chi connectivity index (χ0v) is 11.1. The van der Waals surface area contributed by atoms with Crippen LogP contribution in [0.3, 0.4) is 0 Å². The van der Waals surface area contributed by atoms with Gasteiger partial charge in [0.15, 0.2) is 0 Å². The van der Waals surface area contributed by atoms with Crippen LogP contribution in [0.25, 0.3) is 0 Å². The van der Waals surface area contributed by atoms with Crippen LogP contribution in [0, 0.1) is 0 Å². The van der Waals surface area contributed by atoms with Crippen molar-refractivity contribution < 1.29 is 4.74 Å². The first-order chi connectivity index (χ1) is 8.31. The summed E-state index contributed by atoms with van der Waals surface area (Å²) in [6.45, 7) is 5.15. The maximum absolute atomic E-state index is 6.12. The molecule has 0 atom stereocenters. The highest BCUT2D eigenvalue weighted by Gasteiger charge is 2.16. The number of fused-ring (bicyclic) bond motifs is 1. The summed E-state index contributed by atoms with van der Waals surface area (Å²) in [5.41, 5.74) is 2.54. The van der Waals surface area contributed by atoms with Crippen LogP contribution < -0.4 is 10.1 Å². The van der Waals surface area contributed by atoms with E-state index in [0.29, 0.717) is 0 Å². The van der Waals surface area contributed by atoms with Crippen molar-refractivity contribution in [3.63, 3.8) is 0 Å². The monoisotopic (exact) mass is 253 g/mol. The summed E-state index contributed by atoms with van der Waals surface area (Å²) in [4.78, 5) is 0. The second-order valence-corrected chi connectivity index (χ2v) is 4.94. The molecule has 1 aromatic carbocycles. The molecular formula is C14H20ClNO. The molecule has 0 aliphatic carbocycles. The van der Waals surface area contributed by atoms with Gasteiger partial charge in [-0.25, -0.2) is 0 Å². The molecule has 1 aliphatic heterocycles. The molecule has 1 aromatic rings. The number of rotatable bonds is 6. The SMILES string of the molecule is CCCNCCCc1cc(Cl)cc2c1OCC2. The zero-order chi connectivity index (χ0) is 12.1. The van der Waals surface area contributed by atoms with Gasteiger partial charge >= 0.3 is 0 Å². The maximum atomic E-state index is 6.12. The molecule has 1 aliphatic rings. The van der Waals surface area contributed by atoms with Crippen molar-refractivity contribution in [1.82, 2.24) is 5.32 Å². The van der Waals surface area contributed by atoms with Crippen LogP contribution in [0.1, 0.15) is 30.9 Å². The molecule has 0 bridgehead atoms. The van der Waals surface area contributed by atoms with Crippen molar-refractivity contribution in [2.75, 3.05) is 19.7 Å². The highest BCUT2D eigenvalue weighted by molar-refractivity contribution is 6.30. The summed E-state index contributed by atoms with van der Waals surface area (Å²) in [6.07, 6.45) is 4.36. The molecular weight excluding hydrogens is 234 g/mol. The Bertz CT molecular complexity index is 379. The van der Waals surface area contributed by atoms with Gasteiger partial charge < -0.3 is 10.1 Å². The minimum Gasteiger partial charge on any atom is -0.493 e. The van der Waals surface area contributed by atoms with Gasteiger partial charge in [-0.05, 0) is 55.6 Å². The first-order valence-corrected chi connectivity index (χ1v) is 6.84. The van der Waals surface area contributed by atoms with Crippen LogP contribution in [0.15, 0.2) is 12.1 Å². The molecule has 0 spiro atoms. The molecule has 2 rings (SSSR count). The first kappa shape index (κ1) is 12.7. The van der Waals surface area contributed by atoms with Gasteiger partial charge in [0.05, 0.1) is 6.61 Å². The van der Waals surface area contributed by atoms with Crippen molar-refractivity contribution in [1.29, 1.82) is 0 Å². The molecule has 0 saturated heterocycles. The lowest BCUT2D eigenvalue weighted by Crippen LogP contribution is -2.16. The predicted octanol–water partition coefficient (Wildman–Crippen LogP) is 3.21. The molecule has 0 unspecified atom stereocenters. The van der Waals surface area contributed by atoms with E-state index in [2.05, 4.69) is 12.2 Å². The third-order valence-corrected chi connectivity index (χ3v) is 3.27. The molecule has 0 aromatic heterocycles. The Morgan fingerprint density at radius 1 is 1.35 bits per heavy atom. The van der Waals surface area contributed by atoms with Gasteiger partial charge in [-0.15, -0.1) is 0 Å². The molecule has 3 heteroatoms. The van der Waals surface area contributed by atoms with E-state index in [-0.39, 0.29) is 0 Å². The maximum Gasteiger partial charge on any atom is 0.125 e. The molecule has 17 heavy (non-hydrogen) atoms. The van der Waals surface area contributed by atoms with E-state index in [1.807, 2.05) is 12.1 Å². The molecule has 1 N–H and O–H groups in total. The van der Waals surface area contributed by atoms with Crippen molar-refractivity contribution in [2.45, 2.75) is 32.6 Å². The van der Waals surface area contributed by atoms with Crippen LogP contribution >= 0.6 is 11.6 Å². The smallest absolute Gasteiger partial charge is 0.125 e. The lowest BCUT2D eigenvalue weighted by atomic mass is 10.0. The second-order valence-electron chi connectivity index (χ2n) is 4.51. The third-order valence-electron chi connectivity index (χ3n) is 3.05. The number of aryl methyl sites for hydroxylation is 1. The number of hydrogen-bond donors (Lipinski definition) is 1. The van der Waals surface area contributed by atoms with Crippen molar-refractivity contribution in [3.05, 3.63) is 28.3 Å². The molecule has 0 amide bonds. The molecule has 1 heterocycles.